The first kappa shape index (κ1) is 14.5. The van der Waals surface area contributed by atoms with Crippen LogP contribution in [-0.4, -0.2) is 17.8 Å². The van der Waals surface area contributed by atoms with E-state index in [1.165, 1.54) is 0 Å². The summed E-state index contributed by atoms with van der Waals surface area (Å²) < 4.78 is 1.02. The molecule has 1 N–H and O–H groups in total. The summed E-state index contributed by atoms with van der Waals surface area (Å²) >= 11 is 9.12. The summed E-state index contributed by atoms with van der Waals surface area (Å²) in [7, 11) is 0. The van der Waals surface area contributed by atoms with Gasteiger partial charge < -0.3 is 5.32 Å². The summed E-state index contributed by atoms with van der Waals surface area (Å²) in [4.78, 5) is 11.8. The molecular formula is C13H17BrClNO. The Morgan fingerprint density at radius 2 is 1.94 bits per heavy atom. The Labute approximate surface area is 116 Å². The van der Waals surface area contributed by atoms with Gasteiger partial charge in [0.05, 0.1) is 6.42 Å². The predicted octanol–water partition coefficient (Wildman–Crippen LogP) is 3.37. The average Bonchev–Trinajstić information content (AvgIpc) is 2.30. The second kappa shape index (κ2) is 7.02. The summed E-state index contributed by atoms with van der Waals surface area (Å²) in [6.07, 6.45) is 0.409. The maximum Gasteiger partial charge on any atom is 0.224 e. The van der Waals surface area contributed by atoms with Gasteiger partial charge in [-0.25, -0.2) is 0 Å². The zero-order valence-corrected chi connectivity index (χ0v) is 12.4. The summed E-state index contributed by atoms with van der Waals surface area (Å²) in [6.45, 7) is 4.00. The van der Waals surface area contributed by atoms with Crippen LogP contribution in [-0.2, 0) is 11.2 Å². The Morgan fingerprint density at radius 3 is 2.47 bits per heavy atom. The molecule has 94 valence electrons. The number of halogens is 2. The van der Waals surface area contributed by atoms with E-state index < -0.39 is 0 Å². The molecule has 0 saturated heterocycles. The van der Waals surface area contributed by atoms with Gasteiger partial charge in [0.1, 0.15) is 0 Å². The van der Waals surface area contributed by atoms with E-state index in [4.69, 9.17) is 11.6 Å². The fourth-order valence-electron chi connectivity index (χ4n) is 1.37. The Bertz CT molecular complexity index is 366. The second-order valence-corrected chi connectivity index (χ2v) is 5.52. The molecule has 2 nitrogen and oxygen atoms in total. The molecule has 2 unspecified atom stereocenters. The third-order valence-electron chi connectivity index (χ3n) is 2.76. The number of amides is 1. The Balaban J connectivity index is 2.47. The van der Waals surface area contributed by atoms with Crippen molar-refractivity contribution in [1.29, 1.82) is 0 Å². The van der Waals surface area contributed by atoms with Crippen LogP contribution in [0.1, 0.15) is 19.4 Å². The molecule has 0 aliphatic carbocycles. The lowest BCUT2D eigenvalue weighted by Gasteiger charge is -2.19. The van der Waals surface area contributed by atoms with E-state index in [-0.39, 0.29) is 17.9 Å². The number of rotatable bonds is 5. The average molecular weight is 319 g/mol. The van der Waals surface area contributed by atoms with Gasteiger partial charge in [0.2, 0.25) is 5.91 Å². The van der Waals surface area contributed by atoms with Gasteiger partial charge in [-0.05, 0) is 30.5 Å². The Kier molecular flexibility index (Phi) is 6.00. The van der Waals surface area contributed by atoms with Crippen LogP contribution in [0, 0.1) is 5.92 Å². The molecule has 0 radical (unpaired) electrons. The van der Waals surface area contributed by atoms with E-state index in [9.17, 15) is 4.79 Å². The molecule has 0 aliphatic rings. The monoisotopic (exact) mass is 317 g/mol. The van der Waals surface area contributed by atoms with Gasteiger partial charge >= 0.3 is 0 Å². The van der Waals surface area contributed by atoms with E-state index in [2.05, 4.69) is 21.2 Å². The molecule has 1 aromatic carbocycles. The fourth-order valence-corrected chi connectivity index (χ4v) is 1.90. The molecule has 1 amide bonds. The van der Waals surface area contributed by atoms with Crippen LogP contribution in [0.2, 0.25) is 0 Å². The number of hydrogen-bond donors (Lipinski definition) is 1. The molecule has 0 aromatic heterocycles. The first-order valence-corrected chi connectivity index (χ1v) is 6.95. The number of carbonyl (C=O) groups is 1. The first-order chi connectivity index (χ1) is 8.02. The van der Waals surface area contributed by atoms with Gasteiger partial charge in [-0.3, -0.25) is 4.79 Å². The second-order valence-electron chi connectivity index (χ2n) is 4.29. The van der Waals surface area contributed by atoms with Crippen LogP contribution in [0.15, 0.2) is 28.7 Å². The van der Waals surface area contributed by atoms with Crippen LogP contribution in [0.25, 0.3) is 0 Å². The van der Waals surface area contributed by atoms with Crippen molar-refractivity contribution in [2.45, 2.75) is 26.3 Å². The van der Waals surface area contributed by atoms with E-state index in [1.807, 2.05) is 38.1 Å². The van der Waals surface area contributed by atoms with Gasteiger partial charge in [0.15, 0.2) is 0 Å². The van der Waals surface area contributed by atoms with Gasteiger partial charge in [-0.2, -0.15) is 0 Å². The molecule has 0 saturated carbocycles. The minimum atomic E-state index is 0.0387. The topological polar surface area (TPSA) is 29.1 Å². The SMILES string of the molecule is CC(CCl)C(C)NC(=O)Cc1ccc(Br)cc1. The van der Waals surface area contributed by atoms with Gasteiger partial charge in [0, 0.05) is 16.4 Å². The van der Waals surface area contributed by atoms with Crippen LogP contribution in [0.3, 0.4) is 0 Å². The highest BCUT2D eigenvalue weighted by atomic mass is 79.9. The van der Waals surface area contributed by atoms with Crippen molar-refractivity contribution in [3.63, 3.8) is 0 Å². The summed E-state index contributed by atoms with van der Waals surface area (Å²) in [6, 6.07) is 7.87. The minimum absolute atomic E-state index is 0.0387. The summed E-state index contributed by atoms with van der Waals surface area (Å²) in [5.74, 6) is 0.877. The quantitative estimate of drug-likeness (QED) is 0.829. The standard InChI is InChI=1S/C13H17BrClNO/c1-9(8-15)10(2)16-13(17)7-11-3-5-12(14)6-4-11/h3-6,9-10H,7-8H2,1-2H3,(H,16,17). The number of alkyl halides is 1. The maximum absolute atomic E-state index is 11.8. The van der Waals surface area contributed by atoms with E-state index in [0.29, 0.717) is 12.3 Å². The summed E-state index contributed by atoms with van der Waals surface area (Å²) in [5, 5.41) is 2.96. The molecule has 0 aliphatic heterocycles. The van der Waals surface area contributed by atoms with E-state index in [1.54, 1.807) is 0 Å². The zero-order valence-electron chi connectivity index (χ0n) is 10.0. The minimum Gasteiger partial charge on any atom is -0.353 e. The molecule has 1 rings (SSSR count). The third-order valence-corrected chi connectivity index (χ3v) is 3.78. The lowest BCUT2D eigenvalue weighted by atomic mass is 10.1. The first-order valence-electron chi connectivity index (χ1n) is 5.62. The molecular weight excluding hydrogens is 302 g/mol. The molecule has 0 fully saturated rings. The highest BCUT2D eigenvalue weighted by Gasteiger charge is 2.13. The van der Waals surface area contributed by atoms with Gasteiger partial charge in [-0.15, -0.1) is 11.6 Å². The van der Waals surface area contributed by atoms with Crippen molar-refractivity contribution in [2.24, 2.45) is 5.92 Å². The highest BCUT2D eigenvalue weighted by Crippen LogP contribution is 2.11. The van der Waals surface area contributed by atoms with Crippen molar-refractivity contribution in [3.8, 4) is 0 Å². The van der Waals surface area contributed by atoms with Crippen LogP contribution in [0.4, 0.5) is 0 Å². The summed E-state index contributed by atoms with van der Waals surface area (Å²) in [5.41, 5.74) is 1.01. The molecule has 0 heterocycles. The maximum atomic E-state index is 11.8. The lowest BCUT2D eigenvalue weighted by molar-refractivity contribution is -0.121. The van der Waals surface area contributed by atoms with Crippen molar-refractivity contribution >= 4 is 33.4 Å². The molecule has 0 bridgehead atoms. The number of carbonyl (C=O) groups excluding carboxylic acids is 1. The molecule has 17 heavy (non-hydrogen) atoms. The highest BCUT2D eigenvalue weighted by molar-refractivity contribution is 9.10. The van der Waals surface area contributed by atoms with Crippen LogP contribution < -0.4 is 5.32 Å². The van der Waals surface area contributed by atoms with Gasteiger partial charge in [0.25, 0.3) is 0 Å². The van der Waals surface area contributed by atoms with Crippen molar-refractivity contribution in [2.75, 3.05) is 5.88 Å². The molecule has 0 spiro atoms. The Morgan fingerprint density at radius 1 is 1.35 bits per heavy atom. The van der Waals surface area contributed by atoms with E-state index in [0.717, 1.165) is 10.0 Å². The fraction of sp³-hybridized carbons (Fsp3) is 0.462. The number of hydrogen-bond acceptors (Lipinski definition) is 1. The van der Waals surface area contributed by atoms with Crippen molar-refractivity contribution in [1.82, 2.24) is 5.32 Å². The van der Waals surface area contributed by atoms with E-state index >= 15 is 0 Å². The largest absolute Gasteiger partial charge is 0.353 e. The lowest BCUT2D eigenvalue weighted by Crippen LogP contribution is -2.38. The smallest absolute Gasteiger partial charge is 0.224 e. The van der Waals surface area contributed by atoms with Crippen molar-refractivity contribution in [3.05, 3.63) is 34.3 Å². The zero-order chi connectivity index (χ0) is 12.8. The molecule has 1 aromatic rings. The normalized spacial score (nSPS) is 14.1. The van der Waals surface area contributed by atoms with Crippen LogP contribution in [0.5, 0.6) is 0 Å². The van der Waals surface area contributed by atoms with Crippen molar-refractivity contribution < 1.29 is 4.79 Å². The predicted molar refractivity (Wildman–Crippen MR) is 75.3 cm³/mol. The molecule has 2 atom stereocenters. The number of nitrogens with one attached hydrogen (secondary N) is 1. The van der Waals surface area contributed by atoms with Crippen LogP contribution >= 0.6 is 27.5 Å². The third kappa shape index (κ3) is 5.09. The number of benzene rings is 1. The Hall–Kier alpha value is -0.540. The molecule has 4 heteroatoms. The van der Waals surface area contributed by atoms with Gasteiger partial charge in [-0.1, -0.05) is 35.0 Å².